The van der Waals surface area contributed by atoms with E-state index in [0.29, 0.717) is 22.7 Å². The number of halogens is 3. The third-order valence-corrected chi connectivity index (χ3v) is 8.18. The fraction of sp³-hybridized carbons (Fsp3) is 0.160. The van der Waals surface area contributed by atoms with Crippen molar-refractivity contribution in [2.45, 2.75) is 30.0 Å². The SMILES string of the molecule is C[C@@H](n1cc2cc(NS(=O)(=O)c3ccc(Br)cc3)ccc2n1)[C@](O)(Cn1cncn1)c1ccc(F)cc1F. The smallest absolute Gasteiger partial charge is 0.261 e. The predicted octanol–water partition coefficient (Wildman–Crippen LogP) is 4.62. The summed E-state index contributed by atoms with van der Waals surface area (Å²) in [6, 6.07) is 13.1. The molecule has 5 aromatic rings. The molecule has 38 heavy (non-hydrogen) atoms. The quantitative estimate of drug-likeness (QED) is 0.268. The number of anilines is 1. The summed E-state index contributed by atoms with van der Waals surface area (Å²) >= 11 is 3.28. The van der Waals surface area contributed by atoms with Crippen LogP contribution in [0.15, 0.2) is 88.9 Å². The van der Waals surface area contributed by atoms with Gasteiger partial charge in [-0.25, -0.2) is 26.9 Å². The molecule has 0 unspecified atom stereocenters. The number of sulfonamides is 1. The highest BCUT2D eigenvalue weighted by atomic mass is 79.9. The van der Waals surface area contributed by atoms with Crippen molar-refractivity contribution in [3.8, 4) is 0 Å². The summed E-state index contributed by atoms with van der Waals surface area (Å²) in [5.74, 6) is -1.69. The zero-order valence-corrected chi connectivity index (χ0v) is 22.2. The molecule has 196 valence electrons. The van der Waals surface area contributed by atoms with Gasteiger partial charge in [0.2, 0.25) is 0 Å². The standard InChI is InChI=1S/C25H21BrF2N6O3S/c1-16(25(35,13-33-15-29-14-30-33)22-8-4-19(27)11-23(22)28)34-12-17-10-20(5-9-24(17)31-34)32-38(36,37)21-6-2-18(26)3-7-21/h2-12,14-16,32,35H,13H2,1H3/t16-,25-/m1/s1. The summed E-state index contributed by atoms with van der Waals surface area (Å²) in [4.78, 5) is 3.98. The molecule has 2 aromatic heterocycles. The van der Waals surface area contributed by atoms with Gasteiger partial charge in [-0.05, 0) is 55.5 Å². The Balaban J connectivity index is 1.49. The lowest BCUT2D eigenvalue weighted by molar-refractivity contribution is -0.0366. The second-order valence-electron chi connectivity index (χ2n) is 8.76. The number of nitrogens with one attached hydrogen (secondary N) is 1. The van der Waals surface area contributed by atoms with Crippen LogP contribution in [-0.2, 0) is 22.2 Å². The van der Waals surface area contributed by atoms with Crippen LogP contribution in [-0.4, -0.2) is 38.1 Å². The Labute approximate surface area is 224 Å². The maximum atomic E-state index is 14.9. The Hall–Kier alpha value is -3.68. The van der Waals surface area contributed by atoms with Gasteiger partial charge in [-0.2, -0.15) is 10.2 Å². The van der Waals surface area contributed by atoms with Crippen molar-refractivity contribution in [1.82, 2.24) is 24.5 Å². The van der Waals surface area contributed by atoms with Crippen LogP contribution in [0.3, 0.4) is 0 Å². The molecule has 5 rings (SSSR count). The summed E-state index contributed by atoms with van der Waals surface area (Å²) in [5.41, 5.74) is -1.20. The Kier molecular flexibility index (Phi) is 6.75. The molecule has 0 aliphatic carbocycles. The summed E-state index contributed by atoms with van der Waals surface area (Å²) in [7, 11) is -3.83. The predicted molar refractivity (Wildman–Crippen MR) is 140 cm³/mol. The maximum absolute atomic E-state index is 14.9. The summed E-state index contributed by atoms with van der Waals surface area (Å²) < 4.78 is 60.2. The molecule has 0 saturated carbocycles. The molecular weight excluding hydrogens is 582 g/mol. The number of aliphatic hydroxyl groups is 1. The van der Waals surface area contributed by atoms with E-state index in [1.807, 2.05) is 0 Å². The van der Waals surface area contributed by atoms with Gasteiger partial charge in [-0.3, -0.25) is 9.40 Å². The molecule has 2 heterocycles. The van der Waals surface area contributed by atoms with E-state index in [4.69, 9.17) is 0 Å². The van der Waals surface area contributed by atoms with Crippen molar-refractivity contribution in [3.05, 3.63) is 101 Å². The lowest BCUT2D eigenvalue weighted by Gasteiger charge is -2.34. The van der Waals surface area contributed by atoms with Crippen molar-refractivity contribution in [2.75, 3.05) is 4.72 Å². The van der Waals surface area contributed by atoms with Gasteiger partial charge in [0.05, 0.1) is 23.0 Å². The highest BCUT2D eigenvalue weighted by molar-refractivity contribution is 9.10. The molecule has 0 aliphatic rings. The number of fused-ring (bicyclic) bond motifs is 1. The van der Waals surface area contributed by atoms with Gasteiger partial charge in [0, 0.05) is 33.4 Å². The van der Waals surface area contributed by atoms with Crippen LogP contribution in [0.4, 0.5) is 14.5 Å². The number of benzene rings is 3. The lowest BCUT2D eigenvalue weighted by atomic mass is 9.86. The van der Waals surface area contributed by atoms with E-state index in [9.17, 15) is 22.3 Å². The van der Waals surface area contributed by atoms with E-state index in [1.54, 1.807) is 43.5 Å². The van der Waals surface area contributed by atoms with Gasteiger partial charge < -0.3 is 5.11 Å². The fourth-order valence-corrected chi connectivity index (χ4v) is 5.51. The topological polar surface area (TPSA) is 115 Å². The largest absolute Gasteiger partial charge is 0.381 e. The molecule has 0 spiro atoms. The van der Waals surface area contributed by atoms with Crippen LogP contribution in [0.25, 0.3) is 10.9 Å². The second-order valence-corrected chi connectivity index (χ2v) is 11.4. The Bertz CT molecular complexity index is 1710. The Morgan fingerprint density at radius 1 is 1.11 bits per heavy atom. The number of aromatic nitrogens is 5. The number of rotatable bonds is 8. The van der Waals surface area contributed by atoms with Gasteiger partial charge in [0.25, 0.3) is 10.0 Å². The van der Waals surface area contributed by atoms with Gasteiger partial charge in [-0.1, -0.05) is 22.0 Å². The van der Waals surface area contributed by atoms with E-state index in [2.05, 4.69) is 35.8 Å². The van der Waals surface area contributed by atoms with E-state index in [0.717, 1.165) is 10.5 Å². The van der Waals surface area contributed by atoms with Crippen molar-refractivity contribution in [2.24, 2.45) is 0 Å². The third kappa shape index (κ3) is 5.04. The van der Waals surface area contributed by atoms with Crippen molar-refractivity contribution in [1.29, 1.82) is 0 Å². The van der Waals surface area contributed by atoms with E-state index >= 15 is 0 Å². The molecule has 9 nitrogen and oxygen atoms in total. The Morgan fingerprint density at radius 3 is 2.55 bits per heavy atom. The maximum Gasteiger partial charge on any atom is 0.261 e. The van der Waals surface area contributed by atoms with E-state index in [1.165, 1.54) is 40.2 Å². The van der Waals surface area contributed by atoms with Gasteiger partial charge in [0.15, 0.2) is 0 Å². The molecule has 0 fully saturated rings. The van der Waals surface area contributed by atoms with E-state index in [-0.39, 0.29) is 17.0 Å². The minimum Gasteiger partial charge on any atom is -0.381 e. The lowest BCUT2D eigenvalue weighted by Crippen LogP contribution is -2.40. The zero-order valence-electron chi connectivity index (χ0n) is 19.8. The molecular formula is C25H21BrF2N6O3S. The number of hydrogen-bond acceptors (Lipinski definition) is 6. The first kappa shape index (κ1) is 25.9. The third-order valence-electron chi connectivity index (χ3n) is 6.25. The van der Waals surface area contributed by atoms with Crippen molar-refractivity contribution in [3.63, 3.8) is 0 Å². The molecule has 2 N–H and O–H groups in total. The molecule has 3 aromatic carbocycles. The van der Waals surface area contributed by atoms with Crippen LogP contribution in [0, 0.1) is 11.6 Å². The fourth-order valence-electron chi connectivity index (χ4n) is 4.20. The van der Waals surface area contributed by atoms with Crippen molar-refractivity contribution < 1.29 is 22.3 Å². The first-order chi connectivity index (χ1) is 18.0. The second kappa shape index (κ2) is 9.89. The van der Waals surface area contributed by atoms with Gasteiger partial charge >= 0.3 is 0 Å². The summed E-state index contributed by atoms with van der Waals surface area (Å²) in [6.07, 6.45) is 4.28. The number of hydrogen-bond donors (Lipinski definition) is 2. The van der Waals surface area contributed by atoms with Gasteiger partial charge in [0.1, 0.15) is 29.9 Å². The van der Waals surface area contributed by atoms with Crippen LogP contribution in [0.5, 0.6) is 0 Å². The first-order valence-corrected chi connectivity index (χ1v) is 13.6. The minimum absolute atomic E-state index is 0.101. The van der Waals surface area contributed by atoms with Crippen molar-refractivity contribution >= 4 is 42.5 Å². The average molecular weight is 603 g/mol. The Morgan fingerprint density at radius 2 is 1.87 bits per heavy atom. The van der Waals surface area contributed by atoms with Crippen LogP contribution in [0.1, 0.15) is 18.5 Å². The molecule has 0 amide bonds. The molecule has 0 aliphatic heterocycles. The molecule has 0 bridgehead atoms. The first-order valence-electron chi connectivity index (χ1n) is 11.3. The minimum atomic E-state index is -3.83. The number of nitrogens with zero attached hydrogens (tertiary/aromatic N) is 5. The highest BCUT2D eigenvalue weighted by Gasteiger charge is 2.41. The summed E-state index contributed by atoms with van der Waals surface area (Å²) in [5, 5.41) is 20.9. The average Bonchev–Trinajstić information content (AvgIpc) is 3.53. The van der Waals surface area contributed by atoms with Crippen LogP contribution >= 0.6 is 15.9 Å². The molecule has 0 saturated heterocycles. The zero-order chi connectivity index (χ0) is 27.1. The normalized spacial score (nSPS) is 14.3. The van der Waals surface area contributed by atoms with E-state index < -0.39 is 33.3 Å². The van der Waals surface area contributed by atoms with Gasteiger partial charge in [-0.15, -0.1) is 0 Å². The molecule has 2 atom stereocenters. The highest BCUT2D eigenvalue weighted by Crippen LogP contribution is 2.37. The van der Waals surface area contributed by atoms with Crippen LogP contribution < -0.4 is 4.72 Å². The monoisotopic (exact) mass is 602 g/mol. The molecule has 13 heteroatoms. The van der Waals surface area contributed by atoms with Crippen LogP contribution in [0.2, 0.25) is 0 Å². The summed E-state index contributed by atoms with van der Waals surface area (Å²) in [6.45, 7) is 1.45. The molecule has 0 radical (unpaired) electrons.